The minimum Gasteiger partial charge on any atom is -0.390 e. The fourth-order valence-corrected chi connectivity index (χ4v) is 6.29. The molecule has 0 aromatic rings. The standard InChI is InChI=1S/C21H24F2O4.C2H2/c1-19-9-18(27)21(23)14(12(19)3-4-13(19)17(26)10-24)8-16(22)15-7-11(25)5-6-20(15,21)2;1-2/h4-7,12,14,16,18,24,27H,3,8-10H2,1-2H3;1-2H/t12?,14-,16-,18-,19-,20-,21-;/m0./s1. The van der Waals surface area contributed by atoms with Gasteiger partial charge >= 0.3 is 0 Å². The Kier molecular flexibility index (Phi) is 5.21. The van der Waals surface area contributed by atoms with Gasteiger partial charge in [0.25, 0.3) is 0 Å². The van der Waals surface area contributed by atoms with Gasteiger partial charge in [-0.05, 0) is 55.4 Å². The number of hydrogen-bond acceptors (Lipinski definition) is 4. The number of aliphatic hydroxyl groups excluding tert-OH is 2. The van der Waals surface area contributed by atoms with E-state index in [2.05, 4.69) is 12.8 Å². The summed E-state index contributed by atoms with van der Waals surface area (Å²) in [5.41, 5.74) is -3.84. The fourth-order valence-electron chi connectivity index (χ4n) is 6.29. The van der Waals surface area contributed by atoms with Crippen LogP contribution in [-0.4, -0.2) is 46.3 Å². The third kappa shape index (κ3) is 2.64. The van der Waals surface area contributed by atoms with Crippen molar-refractivity contribution in [1.29, 1.82) is 0 Å². The first-order valence-electron chi connectivity index (χ1n) is 9.74. The van der Waals surface area contributed by atoms with Gasteiger partial charge in [-0.15, -0.1) is 12.8 Å². The van der Waals surface area contributed by atoms with Crippen LogP contribution in [0.1, 0.15) is 33.1 Å². The largest absolute Gasteiger partial charge is 0.390 e. The Morgan fingerprint density at radius 3 is 2.59 bits per heavy atom. The van der Waals surface area contributed by atoms with E-state index in [1.54, 1.807) is 19.9 Å². The Labute approximate surface area is 169 Å². The maximum atomic E-state index is 16.7. The molecule has 4 aliphatic carbocycles. The van der Waals surface area contributed by atoms with E-state index in [-0.39, 0.29) is 30.1 Å². The lowest BCUT2D eigenvalue weighted by atomic mass is 9.45. The van der Waals surface area contributed by atoms with Crippen LogP contribution in [0.3, 0.4) is 0 Å². The van der Waals surface area contributed by atoms with Crippen LogP contribution in [0.4, 0.5) is 8.78 Å². The van der Waals surface area contributed by atoms with Gasteiger partial charge in [0.15, 0.2) is 17.2 Å². The van der Waals surface area contributed by atoms with E-state index in [4.69, 9.17) is 0 Å². The van der Waals surface area contributed by atoms with E-state index in [1.165, 1.54) is 12.2 Å². The van der Waals surface area contributed by atoms with Gasteiger partial charge in [-0.3, -0.25) is 9.59 Å². The number of allylic oxidation sites excluding steroid dienone is 5. The zero-order chi connectivity index (χ0) is 21.8. The zero-order valence-electron chi connectivity index (χ0n) is 16.6. The molecule has 2 fully saturated rings. The number of aliphatic hydroxyl groups is 2. The number of hydrogen-bond donors (Lipinski definition) is 2. The van der Waals surface area contributed by atoms with Crippen LogP contribution in [0, 0.1) is 35.5 Å². The van der Waals surface area contributed by atoms with Crippen molar-refractivity contribution in [2.24, 2.45) is 22.7 Å². The van der Waals surface area contributed by atoms with Crippen LogP contribution in [-0.2, 0) is 9.59 Å². The van der Waals surface area contributed by atoms with E-state index in [0.29, 0.717) is 12.0 Å². The second kappa shape index (κ2) is 7.00. The Morgan fingerprint density at radius 2 is 1.97 bits per heavy atom. The molecule has 0 bridgehead atoms. The number of fused-ring (bicyclic) bond motifs is 5. The van der Waals surface area contributed by atoms with Crippen LogP contribution >= 0.6 is 0 Å². The molecule has 0 heterocycles. The summed E-state index contributed by atoms with van der Waals surface area (Å²) in [6.07, 6.45) is 10.9. The average Bonchev–Trinajstić information content (AvgIpc) is 3.03. The van der Waals surface area contributed by atoms with Gasteiger partial charge in [0.2, 0.25) is 0 Å². The van der Waals surface area contributed by atoms with Crippen LogP contribution < -0.4 is 0 Å². The average molecular weight is 404 g/mol. The monoisotopic (exact) mass is 404 g/mol. The molecule has 0 aromatic heterocycles. The van der Waals surface area contributed by atoms with E-state index < -0.39 is 47.1 Å². The van der Waals surface area contributed by atoms with Crippen LogP contribution in [0.5, 0.6) is 0 Å². The van der Waals surface area contributed by atoms with Crippen molar-refractivity contribution in [2.75, 3.05) is 6.61 Å². The Morgan fingerprint density at radius 1 is 1.31 bits per heavy atom. The summed E-state index contributed by atoms with van der Waals surface area (Å²) in [6.45, 7) is 2.71. The highest BCUT2D eigenvalue weighted by atomic mass is 19.1. The number of carbonyl (C=O) groups excluding carboxylic acids is 2. The molecule has 6 heteroatoms. The highest BCUT2D eigenvalue weighted by Gasteiger charge is 2.71. The normalized spacial score (nSPS) is 45.0. The summed E-state index contributed by atoms with van der Waals surface area (Å²) >= 11 is 0. The van der Waals surface area contributed by atoms with E-state index >= 15 is 8.78 Å². The maximum absolute atomic E-state index is 16.7. The second-order valence-electron chi connectivity index (χ2n) is 8.79. The molecule has 2 N–H and O–H groups in total. The number of rotatable bonds is 2. The highest BCUT2D eigenvalue weighted by Crippen LogP contribution is 2.68. The smallest absolute Gasteiger partial charge is 0.184 e. The lowest BCUT2D eigenvalue weighted by Gasteiger charge is -2.62. The molecule has 4 nitrogen and oxygen atoms in total. The van der Waals surface area contributed by atoms with Gasteiger partial charge < -0.3 is 10.2 Å². The predicted octanol–water partition coefficient (Wildman–Crippen LogP) is 2.65. The van der Waals surface area contributed by atoms with Crippen molar-refractivity contribution in [1.82, 2.24) is 0 Å². The van der Waals surface area contributed by atoms with Crippen LogP contribution in [0.25, 0.3) is 0 Å². The van der Waals surface area contributed by atoms with Crippen molar-refractivity contribution in [3.05, 3.63) is 35.5 Å². The van der Waals surface area contributed by atoms with Crippen molar-refractivity contribution in [2.45, 2.75) is 51.1 Å². The molecule has 0 aliphatic heterocycles. The van der Waals surface area contributed by atoms with Gasteiger partial charge in [-0.2, -0.15) is 0 Å². The molecule has 2 saturated carbocycles. The van der Waals surface area contributed by atoms with Crippen molar-refractivity contribution >= 4 is 11.6 Å². The summed E-state index contributed by atoms with van der Waals surface area (Å²) in [5, 5.41) is 20.2. The molecule has 29 heavy (non-hydrogen) atoms. The zero-order valence-corrected chi connectivity index (χ0v) is 16.6. The molecule has 0 saturated heterocycles. The van der Waals surface area contributed by atoms with Gasteiger partial charge in [-0.1, -0.05) is 19.1 Å². The van der Waals surface area contributed by atoms with E-state index in [9.17, 15) is 19.8 Å². The minimum absolute atomic E-state index is 0.0177. The Balaban J connectivity index is 0.00000117. The lowest BCUT2D eigenvalue weighted by Crippen LogP contribution is -2.68. The second-order valence-corrected chi connectivity index (χ2v) is 8.79. The fraction of sp³-hybridized carbons (Fsp3) is 0.565. The Hall–Kier alpha value is -2.10. The third-order valence-corrected chi connectivity index (χ3v) is 7.65. The summed E-state index contributed by atoms with van der Waals surface area (Å²) in [5.74, 6) is -1.96. The quantitative estimate of drug-likeness (QED) is 0.694. The predicted molar refractivity (Wildman–Crippen MR) is 104 cm³/mol. The molecule has 0 radical (unpaired) electrons. The molecule has 4 rings (SSSR count). The number of alkyl halides is 2. The van der Waals surface area contributed by atoms with Gasteiger partial charge in [0.1, 0.15) is 12.8 Å². The molecule has 1 unspecified atom stereocenters. The van der Waals surface area contributed by atoms with Crippen molar-refractivity contribution in [3.8, 4) is 12.8 Å². The summed E-state index contributed by atoms with van der Waals surface area (Å²) in [4.78, 5) is 23.9. The first kappa shape index (κ1) is 21.6. The first-order valence-corrected chi connectivity index (χ1v) is 9.74. The van der Waals surface area contributed by atoms with Gasteiger partial charge in [-0.25, -0.2) is 8.78 Å². The molecule has 0 aromatic carbocycles. The third-order valence-electron chi connectivity index (χ3n) is 7.65. The number of ketones is 2. The van der Waals surface area contributed by atoms with Crippen LogP contribution in [0.15, 0.2) is 35.5 Å². The molecule has 0 amide bonds. The Bertz CT molecular complexity index is 856. The molecular weight excluding hydrogens is 378 g/mol. The summed E-state index contributed by atoms with van der Waals surface area (Å²) < 4.78 is 31.8. The van der Waals surface area contributed by atoms with E-state index in [0.717, 1.165) is 6.08 Å². The van der Waals surface area contributed by atoms with Gasteiger partial charge in [0, 0.05) is 16.7 Å². The molecule has 7 atom stereocenters. The lowest BCUT2D eigenvalue weighted by molar-refractivity contribution is -0.192. The topological polar surface area (TPSA) is 74.6 Å². The SMILES string of the molecule is C#C.C[C@]12C=CC(=O)C=C1[C@@H](F)C[C@H]1C3CC=C(C(=O)CO)[C@@]3(C)C[C@H](O)[C@@]12F. The van der Waals surface area contributed by atoms with Gasteiger partial charge in [0.05, 0.1) is 6.10 Å². The van der Waals surface area contributed by atoms with E-state index in [1.807, 2.05) is 0 Å². The van der Waals surface area contributed by atoms with Crippen LogP contribution in [0.2, 0.25) is 0 Å². The number of terminal acetylenes is 1. The number of Topliss-reactive ketones (excluding diaryl/α,β-unsaturated/α-hetero) is 1. The summed E-state index contributed by atoms with van der Waals surface area (Å²) in [6, 6.07) is 0. The first-order chi connectivity index (χ1) is 13.6. The number of carbonyl (C=O) groups is 2. The molecular formula is C23H26F2O4. The molecule has 0 spiro atoms. The molecule has 4 aliphatic rings. The molecule has 156 valence electrons. The van der Waals surface area contributed by atoms with Crippen molar-refractivity contribution < 1.29 is 28.6 Å². The highest BCUT2D eigenvalue weighted by molar-refractivity contribution is 6.01. The minimum atomic E-state index is -2.13. The summed E-state index contributed by atoms with van der Waals surface area (Å²) in [7, 11) is 0. The number of halogens is 2. The van der Waals surface area contributed by atoms with Crippen molar-refractivity contribution in [3.63, 3.8) is 0 Å². The maximum Gasteiger partial charge on any atom is 0.184 e.